The van der Waals surface area contributed by atoms with Gasteiger partial charge in [0.05, 0.1) is 5.56 Å². The molecule has 1 rings (SSSR count). The van der Waals surface area contributed by atoms with Crippen LogP contribution < -0.4 is 35.3 Å². The van der Waals surface area contributed by atoms with Crippen molar-refractivity contribution in [3.05, 3.63) is 29.3 Å². The summed E-state index contributed by atoms with van der Waals surface area (Å²) < 4.78 is 0. The molecule has 0 aliphatic heterocycles. The van der Waals surface area contributed by atoms with Gasteiger partial charge in [0, 0.05) is 0 Å². The van der Waals surface area contributed by atoms with Crippen LogP contribution in [0.3, 0.4) is 0 Å². The van der Waals surface area contributed by atoms with Gasteiger partial charge in [-0.1, -0.05) is 19.4 Å². The Labute approximate surface area is 113 Å². The largest absolute Gasteiger partial charge is 1.00 e. The number of rotatable bonds is 4. The van der Waals surface area contributed by atoms with E-state index in [2.05, 4.69) is 6.92 Å². The van der Waals surface area contributed by atoms with Gasteiger partial charge in [-0.3, -0.25) is 4.79 Å². The second kappa shape index (κ2) is 6.88. The van der Waals surface area contributed by atoms with Gasteiger partial charge in [-0.05, 0) is 30.5 Å². The monoisotopic (exact) mass is 217 g/mol. The molecule has 0 radical (unpaired) electrons. The summed E-state index contributed by atoms with van der Waals surface area (Å²) in [6.45, 7) is 2.11. The summed E-state index contributed by atoms with van der Waals surface area (Å²) in [5, 5.41) is 9.33. The average molecular weight is 217 g/mol. The molecule has 0 spiro atoms. The van der Waals surface area contributed by atoms with Crippen LogP contribution in [-0.4, -0.2) is 11.0 Å². The number of amides is 1. The zero-order valence-electron chi connectivity index (χ0n) is 10.3. The third-order valence-corrected chi connectivity index (χ3v) is 2.15. The van der Waals surface area contributed by atoms with Crippen molar-refractivity contribution in [3.63, 3.8) is 0 Å². The fourth-order valence-corrected chi connectivity index (χ4v) is 1.32. The molecule has 3 N–H and O–H groups in total. The van der Waals surface area contributed by atoms with Crippen molar-refractivity contribution >= 4 is 5.91 Å². The summed E-state index contributed by atoms with van der Waals surface area (Å²) in [5.41, 5.74) is 6.36. The smallest absolute Gasteiger partial charge is 1.00 e. The Kier molecular flexibility index (Phi) is 6.65. The Morgan fingerprint density at radius 1 is 1.53 bits per heavy atom. The van der Waals surface area contributed by atoms with Gasteiger partial charge in [0.1, 0.15) is 5.75 Å². The summed E-state index contributed by atoms with van der Waals surface area (Å²) >= 11 is 0. The molecule has 0 saturated carbocycles. The number of hydrogen-bond donors (Lipinski definition) is 2. The molecule has 15 heavy (non-hydrogen) atoms. The number of phenols is 1. The number of carbonyl (C=O) groups excluding carboxylic acids is 1. The summed E-state index contributed by atoms with van der Waals surface area (Å²) in [6.07, 6.45) is 3.09. The van der Waals surface area contributed by atoms with Gasteiger partial charge >= 0.3 is 29.6 Å². The molecular weight excluding hydrogens is 201 g/mol. The van der Waals surface area contributed by atoms with Gasteiger partial charge in [-0.2, -0.15) is 0 Å². The van der Waals surface area contributed by atoms with Gasteiger partial charge in [0.2, 0.25) is 0 Å². The van der Waals surface area contributed by atoms with Crippen LogP contribution in [0.1, 0.15) is 37.1 Å². The number of unbranched alkanes of at least 4 members (excludes halogenated alkanes) is 1. The van der Waals surface area contributed by atoms with Gasteiger partial charge in [-0.15, -0.1) is 0 Å². The molecule has 1 aromatic carbocycles. The third-order valence-electron chi connectivity index (χ3n) is 2.15. The van der Waals surface area contributed by atoms with Gasteiger partial charge < -0.3 is 12.3 Å². The standard InChI is InChI=1S/C11H15NO2.Na.H/c1-2-3-4-8-5-6-10(13)9(7-8)11(12)14;;/h5-7,13H,2-4H2,1H3,(H2,12,14);;/q;+1;-1. The maximum atomic E-state index is 10.9. The topological polar surface area (TPSA) is 63.3 Å². The van der Waals surface area contributed by atoms with Crippen LogP contribution >= 0.6 is 0 Å². The van der Waals surface area contributed by atoms with E-state index in [1.165, 1.54) is 6.07 Å². The van der Waals surface area contributed by atoms with Crippen molar-refractivity contribution in [2.45, 2.75) is 26.2 Å². The molecule has 0 fully saturated rings. The van der Waals surface area contributed by atoms with E-state index in [0.717, 1.165) is 24.8 Å². The molecule has 1 amide bonds. The molecule has 1 aromatic rings. The maximum absolute atomic E-state index is 10.9. The minimum atomic E-state index is -0.583. The molecule has 0 aromatic heterocycles. The number of carbonyl (C=O) groups is 1. The molecule has 0 bridgehead atoms. The summed E-state index contributed by atoms with van der Waals surface area (Å²) in [5.74, 6) is -0.626. The van der Waals surface area contributed by atoms with E-state index in [0.29, 0.717) is 0 Å². The number of aryl methyl sites for hydroxylation is 1. The number of aromatic hydroxyl groups is 1. The van der Waals surface area contributed by atoms with Crippen LogP contribution in [0.25, 0.3) is 0 Å². The van der Waals surface area contributed by atoms with Crippen LogP contribution in [0.5, 0.6) is 5.75 Å². The second-order valence-corrected chi connectivity index (χ2v) is 3.32. The molecule has 3 nitrogen and oxygen atoms in total. The Morgan fingerprint density at radius 2 is 2.20 bits per heavy atom. The number of benzene rings is 1. The third kappa shape index (κ3) is 4.24. The molecule has 78 valence electrons. The molecule has 0 unspecified atom stereocenters. The van der Waals surface area contributed by atoms with Crippen LogP contribution in [0.15, 0.2) is 18.2 Å². The van der Waals surface area contributed by atoms with Crippen molar-refractivity contribution < 1.29 is 40.9 Å². The fraction of sp³-hybridized carbons (Fsp3) is 0.364. The molecule has 0 aliphatic rings. The van der Waals surface area contributed by atoms with Gasteiger partial charge in [0.15, 0.2) is 0 Å². The van der Waals surface area contributed by atoms with E-state index >= 15 is 0 Å². The molecule has 4 heteroatoms. The SMILES string of the molecule is CCCCc1ccc(O)c(C(N)=O)c1.[H-].[Na+]. The molecule has 0 saturated heterocycles. The van der Waals surface area contributed by atoms with E-state index in [1.807, 2.05) is 6.07 Å². The average Bonchev–Trinajstić information content (AvgIpc) is 2.16. The second-order valence-electron chi connectivity index (χ2n) is 3.32. The first-order chi connectivity index (χ1) is 6.65. The van der Waals surface area contributed by atoms with Crippen LogP contribution in [-0.2, 0) is 6.42 Å². The fourth-order valence-electron chi connectivity index (χ4n) is 1.32. The summed E-state index contributed by atoms with van der Waals surface area (Å²) in [4.78, 5) is 10.9. The van der Waals surface area contributed by atoms with Crippen molar-refractivity contribution in [1.82, 2.24) is 0 Å². The minimum absolute atomic E-state index is 0. The number of nitrogens with two attached hydrogens (primary N) is 1. The number of hydrogen-bond acceptors (Lipinski definition) is 2. The predicted octanol–water partition coefficient (Wildman–Crippen LogP) is -1.05. The van der Waals surface area contributed by atoms with E-state index in [1.54, 1.807) is 6.07 Å². The molecule has 0 atom stereocenters. The van der Waals surface area contributed by atoms with E-state index < -0.39 is 5.91 Å². The van der Waals surface area contributed by atoms with Crippen LogP contribution in [0.2, 0.25) is 0 Å². The summed E-state index contributed by atoms with van der Waals surface area (Å²) in [7, 11) is 0. The first kappa shape index (κ1) is 14.5. The van der Waals surface area contributed by atoms with Gasteiger partial charge in [0.25, 0.3) is 5.91 Å². The number of primary amides is 1. The molecule has 0 heterocycles. The quantitative estimate of drug-likeness (QED) is 0.632. The molecular formula is C11H16NNaO2. The minimum Gasteiger partial charge on any atom is -1.00 e. The van der Waals surface area contributed by atoms with E-state index in [9.17, 15) is 9.90 Å². The zero-order valence-corrected chi connectivity index (χ0v) is 11.3. The van der Waals surface area contributed by atoms with Crippen LogP contribution in [0.4, 0.5) is 0 Å². The first-order valence-electron chi connectivity index (χ1n) is 4.77. The Morgan fingerprint density at radius 3 is 2.73 bits per heavy atom. The normalized spacial score (nSPS) is 9.40. The van der Waals surface area contributed by atoms with Crippen molar-refractivity contribution in [1.29, 1.82) is 0 Å². The van der Waals surface area contributed by atoms with Gasteiger partial charge in [-0.25, -0.2) is 0 Å². The van der Waals surface area contributed by atoms with Crippen molar-refractivity contribution in [2.24, 2.45) is 5.73 Å². The Bertz CT molecular complexity index is 345. The van der Waals surface area contributed by atoms with Crippen LogP contribution in [0, 0.1) is 0 Å². The Balaban J connectivity index is 0. The maximum Gasteiger partial charge on any atom is 1.00 e. The Hall–Kier alpha value is -0.510. The molecule has 0 aliphatic carbocycles. The predicted molar refractivity (Wildman–Crippen MR) is 56.3 cm³/mol. The summed E-state index contributed by atoms with van der Waals surface area (Å²) in [6, 6.07) is 5.00. The van der Waals surface area contributed by atoms with E-state index in [-0.39, 0.29) is 42.3 Å². The van der Waals surface area contributed by atoms with E-state index in [4.69, 9.17) is 5.73 Å². The zero-order chi connectivity index (χ0) is 10.6. The first-order valence-corrected chi connectivity index (χ1v) is 4.77. The van der Waals surface area contributed by atoms with Crippen molar-refractivity contribution in [2.75, 3.05) is 0 Å². The van der Waals surface area contributed by atoms with Crippen molar-refractivity contribution in [3.8, 4) is 5.75 Å².